The molecule has 0 aliphatic carbocycles. The minimum Gasteiger partial charge on any atom is -0.482 e. The Hall–Kier alpha value is -1.82. The van der Waals surface area contributed by atoms with Gasteiger partial charge in [0.25, 0.3) is 5.91 Å². The summed E-state index contributed by atoms with van der Waals surface area (Å²) in [5, 5.41) is 11.3. The SMILES string of the molecule is CCCNC(=O)COc1c(Br)cccc1C=CC(=O)O. The van der Waals surface area contributed by atoms with Crippen molar-refractivity contribution in [2.75, 3.05) is 13.2 Å². The lowest BCUT2D eigenvalue weighted by Crippen LogP contribution is -2.29. The normalized spacial score (nSPS) is 10.5. The molecule has 1 aromatic carbocycles. The van der Waals surface area contributed by atoms with Gasteiger partial charge in [-0.2, -0.15) is 0 Å². The second-order valence-corrected chi connectivity index (χ2v) is 4.82. The first-order valence-corrected chi connectivity index (χ1v) is 6.93. The molecule has 2 N–H and O–H groups in total. The van der Waals surface area contributed by atoms with Crippen LogP contribution in [-0.4, -0.2) is 30.1 Å². The molecule has 0 heterocycles. The fourth-order valence-electron chi connectivity index (χ4n) is 1.42. The fraction of sp³-hybridized carbons (Fsp3) is 0.286. The van der Waals surface area contributed by atoms with E-state index in [1.807, 2.05) is 6.92 Å². The summed E-state index contributed by atoms with van der Waals surface area (Å²) in [7, 11) is 0. The van der Waals surface area contributed by atoms with Gasteiger partial charge in [-0.05, 0) is 34.5 Å². The number of carbonyl (C=O) groups excluding carboxylic acids is 1. The minimum absolute atomic E-state index is 0.115. The van der Waals surface area contributed by atoms with Crippen LogP contribution in [0.3, 0.4) is 0 Å². The number of amides is 1. The summed E-state index contributed by atoms with van der Waals surface area (Å²) in [6, 6.07) is 5.23. The van der Waals surface area contributed by atoms with Crippen molar-refractivity contribution in [3.63, 3.8) is 0 Å². The highest BCUT2D eigenvalue weighted by molar-refractivity contribution is 9.10. The van der Waals surface area contributed by atoms with Crippen LogP contribution < -0.4 is 10.1 Å². The topological polar surface area (TPSA) is 75.6 Å². The van der Waals surface area contributed by atoms with Crippen LogP contribution in [0, 0.1) is 0 Å². The molecule has 1 rings (SSSR count). The summed E-state index contributed by atoms with van der Waals surface area (Å²) in [4.78, 5) is 22.1. The van der Waals surface area contributed by atoms with Gasteiger partial charge in [0.2, 0.25) is 0 Å². The second kappa shape index (κ2) is 8.37. The number of ether oxygens (including phenoxy) is 1. The van der Waals surface area contributed by atoms with Crippen molar-refractivity contribution in [2.24, 2.45) is 0 Å². The number of nitrogens with one attached hydrogen (secondary N) is 1. The van der Waals surface area contributed by atoms with E-state index in [-0.39, 0.29) is 12.5 Å². The number of hydrogen-bond acceptors (Lipinski definition) is 3. The van der Waals surface area contributed by atoms with Crippen LogP contribution in [0.2, 0.25) is 0 Å². The molecular weight excluding hydrogens is 326 g/mol. The van der Waals surface area contributed by atoms with E-state index in [0.717, 1.165) is 12.5 Å². The maximum atomic E-state index is 11.5. The van der Waals surface area contributed by atoms with E-state index in [0.29, 0.717) is 22.3 Å². The predicted molar refractivity (Wildman–Crippen MR) is 79.6 cm³/mol. The number of benzene rings is 1. The first kappa shape index (κ1) is 16.2. The Bertz CT molecular complexity index is 514. The molecule has 0 bridgehead atoms. The molecule has 0 fully saturated rings. The molecular formula is C14H16BrNO4. The highest BCUT2D eigenvalue weighted by atomic mass is 79.9. The van der Waals surface area contributed by atoms with Gasteiger partial charge < -0.3 is 15.2 Å². The molecule has 20 heavy (non-hydrogen) atoms. The van der Waals surface area contributed by atoms with Crippen LogP contribution in [0.5, 0.6) is 5.75 Å². The van der Waals surface area contributed by atoms with Crippen molar-refractivity contribution in [2.45, 2.75) is 13.3 Å². The van der Waals surface area contributed by atoms with E-state index in [2.05, 4.69) is 21.2 Å². The Morgan fingerprint density at radius 1 is 1.45 bits per heavy atom. The second-order valence-electron chi connectivity index (χ2n) is 3.97. The van der Waals surface area contributed by atoms with Crippen LogP contribution in [0.4, 0.5) is 0 Å². The monoisotopic (exact) mass is 341 g/mol. The molecule has 0 unspecified atom stereocenters. The first-order valence-electron chi connectivity index (χ1n) is 6.13. The van der Waals surface area contributed by atoms with E-state index in [4.69, 9.17) is 9.84 Å². The standard InChI is InChI=1S/C14H16BrNO4/c1-2-8-16-12(17)9-20-14-10(6-7-13(18)19)4-3-5-11(14)15/h3-7H,2,8-9H2,1H3,(H,16,17)(H,18,19). The van der Waals surface area contributed by atoms with Gasteiger partial charge in [0.15, 0.2) is 6.61 Å². The van der Waals surface area contributed by atoms with Crippen LogP contribution in [0.1, 0.15) is 18.9 Å². The summed E-state index contributed by atoms with van der Waals surface area (Å²) in [5.41, 5.74) is 0.588. The van der Waals surface area contributed by atoms with Crippen molar-refractivity contribution in [3.05, 3.63) is 34.3 Å². The molecule has 0 aliphatic rings. The van der Waals surface area contributed by atoms with Gasteiger partial charge in [-0.15, -0.1) is 0 Å². The van der Waals surface area contributed by atoms with E-state index < -0.39 is 5.97 Å². The lowest BCUT2D eigenvalue weighted by molar-refractivity contribution is -0.131. The maximum Gasteiger partial charge on any atom is 0.328 e. The van der Waals surface area contributed by atoms with Gasteiger partial charge in [0, 0.05) is 18.2 Å². The third kappa shape index (κ3) is 5.44. The average molecular weight is 342 g/mol. The highest BCUT2D eigenvalue weighted by Gasteiger charge is 2.09. The smallest absolute Gasteiger partial charge is 0.328 e. The Kier molecular flexibility index (Phi) is 6.79. The summed E-state index contributed by atoms with van der Waals surface area (Å²) in [6.45, 7) is 2.45. The number of aliphatic carboxylic acids is 1. The zero-order chi connectivity index (χ0) is 15.0. The molecule has 5 nitrogen and oxygen atoms in total. The minimum atomic E-state index is -1.04. The highest BCUT2D eigenvalue weighted by Crippen LogP contribution is 2.30. The summed E-state index contributed by atoms with van der Waals surface area (Å²) in [6.07, 6.45) is 3.30. The lowest BCUT2D eigenvalue weighted by atomic mass is 10.2. The van der Waals surface area contributed by atoms with E-state index in [9.17, 15) is 9.59 Å². The lowest BCUT2D eigenvalue weighted by Gasteiger charge is -2.11. The van der Waals surface area contributed by atoms with Gasteiger partial charge in [0.1, 0.15) is 5.75 Å². The Labute approximate surface area is 125 Å². The summed E-state index contributed by atoms with van der Waals surface area (Å²) >= 11 is 3.32. The fourth-order valence-corrected chi connectivity index (χ4v) is 1.92. The quantitative estimate of drug-likeness (QED) is 0.747. The number of carbonyl (C=O) groups is 2. The van der Waals surface area contributed by atoms with Crippen molar-refractivity contribution >= 4 is 33.9 Å². The molecule has 0 atom stereocenters. The number of hydrogen-bond donors (Lipinski definition) is 2. The molecule has 1 amide bonds. The Morgan fingerprint density at radius 3 is 2.85 bits per heavy atom. The number of carboxylic acids is 1. The van der Waals surface area contributed by atoms with E-state index in [1.54, 1.807) is 18.2 Å². The number of rotatable bonds is 7. The van der Waals surface area contributed by atoms with Gasteiger partial charge in [-0.25, -0.2) is 4.79 Å². The zero-order valence-corrected chi connectivity index (χ0v) is 12.6. The number of halogens is 1. The third-order valence-corrected chi connectivity index (χ3v) is 2.95. The van der Waals surface area contributed by atoms with Crippen LogP contribution >= 0.6 is 15.9 Å². The van der Waals surface area contributed by atoms with E-state index in [1.165, 1.54) is 6.08 Å². The molecule has 0 spiro atoms. The van der Waals surface area contributed by atoms with Crippen molar-refractivity contribution < 1.29 is 19.4 Å². The maximum absolute atomic E-state index is 11.5. The first-order chi connectivity index (χ1) is 9.54. The van der Waals surface area contributed by atoms with Crippen molar-refractivity contribution in [1.29, 1.82) is 0 Å². The molecule has 0 aromatic heterocycles. The van der Waals surface area contributed by atoms with Crippen LogP contribution in [0.15, 0.2) is 28.7 Å². The van der Waals surface area contributed by atoms with Crippen molar-refractivity contribution in [1.82, 2.24) is 5.32 Å². The molecule has 6 heteroatoms. The molecule has 0 saturated heterocycles. The molecule has 1 aromatic rings. The van der Waals surface area contributed by atoms with Crippen LogP contribution in [0.25, 0.3) is 6.08 Å². The molecule has 0 saturated carbocycles. The van der Waals surface area contributed by atoms with Crippen LogP contribution in [-0.2, 0) is 9.59 Å². The average Bonchev–Trinajstić information content (AvgIpc) is 2.41. The van der Waals surface area contributed by atoms with Gasteiger partial charge in [0.05, 0.1) is 4.47 Å². The molecule has 0 radical (unpaired) electrons. The Balaban J connectivity index is 2.77. The number of carboxylic acid groups (broad SMARTS) is 1. The summed E-state index contributed by atoms with van der Waals surface area (Å²) < 4.78 is 6.12. The van der Waals surface area contributed by atoms with Gasteiger partial charge in [-0.1, -0.05) is 19.1 Å². The number of para-hydroxylation sites is 1. The molecule has 108 valence electrons. The largest absolute Gasteiger partial charge is 0.482 e. The van der Waals surface area contributed by atoms with Crippen molar-refractivity contribution in [3.8, 4) is 5.75 Å². The Morgan fingerprint density at radius 2 is 2.20 bits per heavy atom. The molecule has 0 aliphatic heterocycles. The van der Waals surface area contributed by atoms with Gasteiger partial charge in [-0.3, -0.25) is 4.79 Å². The third-order valence-electron chi connectivity index (χ3n) is 2.32. The summed E-state index contributed by atoms with van der Waals surface area (Å²) in [5.74, 6) is -0.816. The predicted octanol–water partition coefficient (Wildman–Crippen LogP) is 2.45. The van der Waals surface area contributed by atoms with E-state index >= 15 is 0 Å². The zero-order valence-electron chi connectivity index (χ0n) is 11.1. The van der Waals surface area contributed by atoms with Gasteiger partial charge >= 0.3 is 5.97 Å².